The molecule has 1 aromatic rings. The molecule has 0 aliphatic rings. The molecule has 1 aromatic heterocycles. The van der Waals surface area contributed by atoms with Gasteiger partial charge >= 0.3 is 0 Å². The summed E-state index contributed by atoms with van der Waals surface area (Å²) in [4.78, 5) is 7.04. The molecule has 0 unspecified atom stereocenters. The fourth-order valence-electron chi connectivity index (χ4n) is 2.30. The standard InChI is InChI=1S/C15H25ClN2/c1-5-8-13-9-12(11-16)10-15(17-13)18(4)14(6-2)7-3/h9-10,14H,5-8,11H2,1-4H3. The summed E-state index contributed by atoms with van der Waals surface area (Å²) in [5.74, 6) is 1.62. The number of alkyl halides is 1. The van der Waals surface area contributed by atoms with Crippen LogP contribution in [0.1, 0.15) is 51.3 Å². The zero-order valence-corrected chi connectivity index (χ0v) is 12.8. The normalized spacial score (nSPS) is 11.0. The highest BCUT2D eigenvalue weighted by atomic mass is 35.5. The van der Waals surface area contributed by atoms with Crippen molar-refractivity contribution in [1.29, 1.82) is 0 Å². The van der Waals surface area contributed by atoms with Crippen LogP contribution in [0.3, 0.4) is 0 Å². The molecule has 0 saturated heterocycles. The number of aryl methyl sites for hydroxylation is 1. The fraction of sp³-hybridized carbons (Fsp3) is 0.667. The van der Waals surface area contributed by atoms with Crippen LogP contribution in [0.4, 0.5) is 5.82 Å². The topological polar surface area (TPSA) is 16.1 Å². The highest BCUT2D eigenvalue weighted by Gasteiger charge is 2.13. The van der Waals surface area contributed by atoms with E-state index in [9.17, 15) is 0 Å². The van der Waals surface area contributed by atoms with Crippen LogP contribution in [-0.2, 0) is 12.3 Å². The van der Waals surface area contributed by atoms with Gasteiger partial charge in [0.15, 0.2) is 0 Å². The Labute approximate surface area is 116 Å². The van der Waals surface area contributed by atoms with Crippen molar-refractivity contribution < 1.29 is 0 Å². The van der Waals surface area contributed by atoms with Gasteiger partial charge in [-0.05, 0) is 37.0 Å². The highest BCUT2D eigenvalue weighted by Crippen LogP contribution is 2.20. The Balaban J connectivity index is 3.02. The highest BCUT2D eigenvalue weighted by molar-refractivity contribution is 6.17. The number of nitrogens with zero attached hydrogens (tertiary/aromatic N) is 2. The molecule has 0 aromatic carbocycles. The maximum atomic E-state index is 5.98. The molecule has 0 saturated carbocycles. The molecule has 0 fully saturated rings. The lowest BCUT2D eigenvalue weighted by Crippen LogP contribution is -2.31. The Hall–Kier alpha value is -0.760. The number of pyridine rings is 1. The van der Waals surface area contributed by atoms with Gasteiger partial charge in [-0.2, -0.15) is 0 Å². The number of hydrogen-bond donors (Lipinski definition) is 0. The SMILES string of the molecule is CCCc1cc(CCl)cc(N(C)C(CC)CC)n1. The molecule has 0 amide bonds. The Bertz CT molecular complexity index is 362. The van der Waals surface area contributed by atoms with Crippen molar-refractivity contribution in [3.05, 3.63) is 23.4 Å². The molecular weight excluding hydrogens is 244 g/mol. The Morgan fingerprint density at radius 2 is 1.89 bits per heavy atom. The van der Waals surface area contributed by atoms with Crippen molar-refractivity contribution in [2.75, 3.05) is 11.9 Å². The van der Waals surface area contributed by atoms with Gasteiger partial charge < -0.3 is 4.90 Å². The third kappa shape index (κ3) is 3.88. The molecule has 0 bridgehead atoms. The molecule has 0 aliphatic heterocycles. The molecular formula is C15H25ClN2. The van der Waals surface area contributed by atoms with Gasteiger partial charge in [0.2, 0.25) is 0 Å². The minimum absolute atomic E-state index is 0.553. The largest absolute Gasteiger partial charge is 0.357 e. The van der Waals surface area contributed by atoms with Crippen molar-refractivity contribution in [3.63, 3.8) is 0 Å². The maximum absolute atomic E-state index is 5.98. The van der Waals surface area contributed by atoms with Crippen molar-refractivity contribution in [2.24, 2.45) is 0 Å². The average molecular weight is 269 g/mol. The first-order valence-electron chi connectivity index (χ1n) is 6.94. The van der Waals surface area contributed by atoms with E-state index in [4.69, 9.17) is 16.6 Å². The zero-order chi connectivity index (χ0) is 13.5. The van der Waals surface area contributed by atoms with Crippen LogP contribution in [-0.4, -0.2) is 18.1 Å². The van der Waals surface area contributed by atoms with Crippen LogP contribution < -0.4 is 4.90 Å². The summed E-state index contributed by atoms with van der Waals surface area (Å²) in [7, 11) is 2.13. The van der Waals surface area contributed by atoms with Crippen LogP contribution in [0, 0.1) is 0 Å². The second-order valence-corrected chi connectivity index (χ2v) is 5.06. The number of anilines is 1. The van der Waals surface area contributed by atoms with Crippen LogP contribution in [0.25, 0.3) is 0 Å². The van der Waals surface area contributed by atoms with E-state index < -0.39 is 0 Å². The van der Waals surface area contributed by atoms with Crippen LogP contribution >= 0.6 is 11.6 Å². The van der Waals surface area contributed by atoms with Gasteiger partial charge in [0, 0.05) is 24.7 Å². The number of aromatic nitrogens is 1. The van der Waals surface area contributed by atoms with Crippen molar-refractivity contribution in [2.45, 2.75) is 58.4 Å². The number of rotatable bonds is 7. The molecule has 2 nitrogen and oxygen atoms in total. The van der Waals surface area contributed by atoms with Gasteiger partial charge in [-0.15, -0.1) is 11.6 Å². The van der Waals surface area contributed by atoms with Gasteiger partial charge in [-0.3, -0.25) is 0 Å². The molecule has 3 heteroatoms. The van der Waals surface area contributed by atoms with E-state index in [0.717, 1.165) is 37.2 Å². The van der Waals surface area contributed by atoms with Gasteiger partial charge in [-0.25, -0.2) is 4.98 Å². The van der Waals surface area contributed by atoms with Crippen molar-refractivity contribution in [1.82, 2.24) is 4.98 Å². The maximum Gasteiger partial charge on any atom is 0.129 e. The molecule has 102 valence electrons. The van der Waals surface area contributed by atoms with Gasteiger partial charge in [-0.1, -0.05) is 27.2 Å². The molecule has 0 N–H and O–H groups in total. The third-order valence-corrected chi connectivity index (χ3v) is 3.75. The Kier molecular flexibility index (Phi) is 6.48. The molecule has 0 aliphatic carbocycles. The first kappa shape index (κ1) is 15.3. The van der Waals surface area contributed by atoms with Gasteiger partial charge in [0.1, 0.15) is 5.82 Å². The van der Waals surface area contributed by atoms with Crippen LogP contribution in [0.15, 0.2) is 12.1 Å². The minimum Gasteiger partial charge on any atom is -0.357 e. The summed E-state index contributed by atoms with van der Waals surface area (Å²) in [6, 6.07) is 4.79. The summed E-state index contributed by atoms with van der Waals surface area (Å²) in [5, 5.41) is 0. The summed E-state index contributed by atoms with van der Waals surface area (Å²) in [6.45, 7) is 6.63. The molecule has 0 atom stereocenters. The predicted octanol–water partition coefficient (Wildman–Crippen LogP) is 4.40. The fourth-order valence-corrected chi connectivity index (χ4v) is 2.45. The molecule has 18 heavy (non-hydrogen) atoms. The lowest BCUT2D eigenvalue weighted by atomic mass is 10.1. The lowest BCUT2D eigenvalue weighted by Gasteiger charge is -2.28. The Morgan fingerprint density at radius 3 is 2.39 bits per heavy atom. The number of hydrogen-bond acceptors (Lipinski definition) is 2. The zero-order valence-electron chi connectivity index (χ0n) is 12.0. The Morgan fingerprint density at radius 1 is 1.22 bits per heavy atom. The van der Waals surface area contributed by atoms with Gasteiger partial charge in [0.25, 0.3) is 0 Å². The first-order valence-corrected chi connectivity index (χ1v) is 7.48. The van der Waals surface area contributed by atoms with E-state index in [2.05, 4.69) is 44.9 Å². The van der Waals surface area contributed by atoms with E-state index >= 15 is 0 Å². The van der Waals surface area contributed by atoms with E-state index in [-0.39, 0.29) is 0 Å². The average Bonchev–Trinajstić information content (AvgIpc) is 2.40. The molecule has 0 radical (unpaired) electrons. The van der Waals surface area contributed by atoms with E-state index in [0.29, 0.717) is 11.9 Å². The predicted molar refractivity (Wildman–Crippen MR) is 80.6 cm³/mol. The van der Waals surface area contributed by atoms with Crippen LogP contribution in [0.5, 0.6) is 0 Å². The summed E-state index contributed by atoms with van der Waals surface area (Å²) >= 11 is 5.98. The van der Waals surface area contributed by atoms with Crippen molar-refractivity contribution in [3.8, 4) is 0 Å². The monoisotopic (exact) mass is 268 g/mol. The number of halogens is 1. The van der Waals surface area contributed by atoms with Crippen molar-refractivity contribution >= 4 is 17.4 Å². The first-order chi connectivity index (χ1) is 8.65. The third-order valence-electron chi connectivity index (χ3n) is 3.44. The molecule has 1 heterocycles. The summed E-state index contributed by atoms with van der Waals surface area (Å²) in [5.41, 5.74) is 2.33. The van der Waals surface area contributed by atoms with E-state index in [1.165, 1.54) is 5.56 Å². The van der Waals surface area contributed by atoms with E-state index in [1.54, 1.807) is 0 Å². The smallest absolute Gasteiger partial charge is 0.129 e. The van der Waals surface area contributed by atoms with Gasteiger partial charge in [0.05, 0.1) is 0 Å². The van der Waals surface area contributed by atoms with Crippen LogP contribution in [0.2, 0.25) is 0 Å². The van der Waals surface area contributed by atoms with E-state index in [1.807, 2.05) is 0 Å². The summed E-state index contributed by atoms with van der Waals surface area (Å²) in [6.07, 6.45) is 4.42. The molecule has 0 spiro atoms. The molecule has 1 rings (SSSR count). The minimum atomic E-state index is 0.553. The quantitative estimate of drug-likeness (QED) is 0.682. The lowest BCUT2D eigenvalue weighted by molar-refractivity contribution is 0.585. The second-order valence-electron chi connectivity index (χ2n) is 4.79. The summed E-state index contributed by atoms with van der Waals surface area (Å²) < 4.78 is 0. The second kappa shape index (κ2) is 7.63.